The van der Waals surface area contributed by atoms with Crippen molar-refractivity contribution in [3.05, 3.63) is 48.0 Å². The van der Waals surface area contributed by atoms with Crippen LogP contribution < -0.4 is 5.32 Å². The van der Waals surface area contributed by atoms with Crippen molar-refractivity contribution < 1.29 is 9.90 Å². The molecule has 0 aliphatic carbocycles. The van der Waals surface area contributed by atoms with Gasteiger partial charge in [0.2, 0.25) is 5.91 Å². The van der Waals surface area contributed by atoms with E-state index in [1.54, 1.807) is 0 Å². The molecule has 1 aromatic rings. The van der Waals surface area contributed by atoms with E-state index in [0.29, 0.717) is 6.42 Å². The minimum Gasteiger partial charge on any atom is -0.389 e. The molecule has 1 aliphatic heterocycles. The van der Waals surface area contributed by atoms with Crippen molar-refractivity contribution in [1.82, 2.24) is 5.32 Å². The van der Waals surface area contributed by atoms with Gasteiger partial charge in [-0.15, -0.1) is 0 Å². The van der Waals surface area contributed by atoms with Gasteiger partial charge in [0.1, 0.15) is 0 Å². The first-order chi connectivity index (χ1) is 9.65. The van der Waals surface area contributed by atoms with Crippen LogP contribution in [0.25, 0.3) is 0 Å². The van der Waals surface area contributed by atoms with E-state index in [1.807, 2.05) is 30.4 Å². The predicted molar refractivity (Wildman–Crippen MR) is 80.2 cm³/mol. The van der Waals surface area contributed by atoms with Crippen LogP contribution in [0.15, 0.2) is 42.5 Å². The van der Waals surface area contributed by atoms with E-state index >= 15 is 0 Å². The van der Waals surface area contributed by atoms with E-state index < -0.39 is 6.10 Å². The van der Waals surface area contributed by atoms with Crippen LogP contribution in [0.5, 0.6) is 0 Å². The summed E-state index contributed by atoms with van der Waals surface area (Å²) >= 11 is 0. The van der Waals surface area contributed by atoms with Crippen molar-refractivity contribution in [3.63, 3.8) is 0 Å². The van der Waals surface area contributed by atoms with Gasteiger partial charge in [0.15, 0.2) is 0 Å². The van der Waals surface area contributed by atoms with E-state index in [4.69, 9.17) is 0 Å². The monoisotopic (exact) mass is 273 g/mol. The molecule has 1 saturated heterocycles. The summed E-state index contributed by atoms with van der Waals surface area (Å²) < 4.78 is 0. The van der Waals surface area contributed by atoms with E-state index in [1.165, 1.54) is 5.56 Å². The molecule has 3 atom stereocenters. The smallest absolute Gasteiger partial charge is 0.220 e. The number of rotatable bonds is 6. The molecule has 0 bridgehead atoms. The molecule has 0 aromatic heterocycles. The van der Waals surface area contributed by atoms with Crippen molar-refractivity contribution in [2.24, 2.45) is 5.92 Å². The highest BCUT2D eigenvalue weighted by molar-refractivity contribution is 5.78. The Kier molecular flexibility index (Phi) is 5.36. The van der Waals surface area contributed by atoms with Crippen molar-refractivity contribution >= 4 is 5.91 Å². The number of aryl methyl sites for hydroxylation is 1. The number of carbonyl (C=O) groups excluding carboxylic acids is 1. The van der Waals surface area contributed by atoms with Gasteiger partial charge >= 0.3 is 0 Å². The molecule has 1 aliphatic rings. The van der Waals surface area contributed by atoms with Crippen molar-refractivity contribution in [2.45, 2.75) is 44.8 Å². The van der Waals surface area contributed by atoms with Gasteiger partial charge in [-0.1, -0.05) is 49.4 Å². The number of hydrogen-bond acceptors (Lipinski definition) is 2. The van der Waals surface area contributed by atoms with Crippen molar-refractivity contribution in [3.8, 4) is 0 Å². The summed E-state index contributed by atoms with van der Waals surface area (Å²) in [5, 5.41) is 13.0. The number of amides is 1. The number of aliphatic hydroxyl groups excluding tert-OH is 1. The zero-order chi connectivity index (χ0) is 14.4. The molecular weight excluding hydrogens is 250 g/mol. The van der Waals surface area contributed by atoms with Crippen LogP contribution >= 0.6 is 0 Å². The summed E-state index contributed by atoms with van der Waals surface area (Å²) in [5.74, 6) is 0.315. The zero-order valence-electron chi connectivity index (χ0n) is 12.0. The maximum atomic E-state index is 11.1. The predicted octanol–water partition coefficient (Wildman–Crippen LogP) is 2.45. The Bertz CT molecular complexity index is 455. The van der Waals surface area contributed by atoms with Gasteiger partial charge in [-0.3, -0.25) is 4.79 Å². The molecule has 1 fully saturated rings. The normalized spacial score (nSPS) is 21.9. The first-order valence-electron chi connectivity index (χ1n) is 7.35. The maximum absolute atomic E-state index is 11.1. The molecule has 0 unspecified atom stereocenters. The molecule has 1 aromatic carbocycles. The lowest BCUT2D eigenvalue weighted by Crippen LogP contribution is -2.24. The number of benzene rings is 1. The molecule has 0 saturated carbocycles. The molecule has 108 valence electrons. The fourth-order valence-electron chi connectivity index (χ4n) is 2.43. The van der Waals surface area contributed by atoms with Crippen LogP contribution in [0, 0.1) is 5.92 Å². The van der Waals surface area contributed by atoms with Gasteiger partial charge in [0.25, 0.3) is 0 Å². The Labute approximate surface area is 120 Å². The lowest BCUT2D eigenvalue weighted by atomic mass is 9.95. The Morgan fingerprint density at radius 2 is 2.15 bits per heavy atom. The largest absolute Gasteiger partial charge is 0.389 e. The number of carbonyl (C=O) groups is 1. The number of nitrogens with one attached hydrogen (secondary N) is 1. The Hall–Kier alpha value is -1.61. The highest BCUT2D eigenvalue weighted by Gasteiger charge is 2.18. The topological polar surface area (TPSA) is 49.3 Å². The maximum Gasteiger partial charge on any atom is 0.220 e. The fourth-order valence-corrected chi connectivity index (χ4v) is 2.43. The molecule has 0 spiro atoms. The van der Waals surface area contributed by atoms with Crippen LogP contribution in [-0.4, -0.2) is 23.2 Å². The summed E-state index contributed by atoms with van der Waals surface area (Å²) in [5.41, 5.74) is 1.30. The number of aliphatic hydroxyl groups is 1. The summed E-state index contributed by atoms with van der Waals surface area (Å²) in [7, 11) is 0. The average Bonchev–Trinajstić information content (AvgIpc) is 2.89. The minimum atomic E-state index is -0.448. The lowest BCUT2D eigenvalue weighted by molar-refractivity contribution is -0.119. The summed E-state index contributed by atoms with van der Waals surface area (Å²) in [6, 6.07) is 10.4. The fraction of sp³-hybridized carbons (Fsp3) is 0.471. The molecular formula is C17H23NO2. The molecule has 2 N–H and O–H groups in total. The second-order valence-electron chi connectivity index (χ2n) is 5.59. The second-order valence-corrected chi connectivity index (χ2v) is 5.59. The van der Waals surface area contributed by atoms with Gasteiger partial charge in [0.05, 0.1) is 6.10 Å². The van der Waals surface area contributed by atoms with E-state index in [2.05, 4.69) is 24.4 Å². The Morgan fingerprint density at radius 1 is 1.40 bits per heavy atom. The quantitative estimate of drug-likeness (QED) is 0.782. The van der Waals surface area contributed by atoms with Crippen LogP contribution in [-0.2, 0) is 11.2 Å². The minimum absolute atomic E-state index is 0.0958. The Balaban J connectivity index is 1.75. The first-order valence-corrected chi connectivity index (χ1v) is 7.35. The van der Waals surface area contributed by atoms with Crippen LogP contribution in [0.4, 0.5) is 0 Å². The molecule has 2 rings (SSSR count). The molecule has 1 heterocycles. The molecule has 20 heavy (non-hydrogen) atoms. The third-order valence-corrected chi connectivity index (χ3v) is 3.88. The average molecular weight is 273 g/mol. The van der Waals surface area contributed by atoms with Gasteiger partial charge in [-0.2, -0.15) is 0 Å². The highest BCUT2D eigenvalue weighted by atomic mass is 16.3. The standard InChI is InChI=1S/C17H23NO2/c1-13(7-8-14-5-3-2-4-6-14)16(19)11-9-15-10-12-17(20)18-15/h2-6,9,11,13,15-16,19H,7-8,10,12H2,1H3,(H,18,20)/b11-9+/t13-,15+,16-/m1/s1. The molecule has 1 amide bonds. The third kappa shape index (κ3) is 4.49. The van der Waals surface area contributed by atoms with Crippen molar-refractivity contribution in [1.29, 1.82) is 0 Å². The SMILES string of the molecule is C[C@H](CCc1ccccc1)[C@H](O)/C=C/[C@H]1CCC(=O)N1. The molecule has 3 heteroatoms. The molecule has 3 nitrogen and oxygen atoms in total. The van der Waals surface area contributed by atoms with Crippen LogP contribution in [0.3, 0.4) is 0 Å². The Morgan fingerprint density at radius 3 is 2.80 bits per heavy atom. The summed E-state index contributed by atoms with van der Waals surface area (Å²) in [4.78, 5) is 11.1. The summed E-state index contributed by atoms with van der Waals surface area (Å²) in [6.45, 7) is 2.06. The first kappa shape index (κ1) is 14.8. The van der Waals surface area contributed by atoms with Gasteiger partial charge < -0.3 is 10.4 Å². The third-order valence-electron chi connectivity index (χ3n) is 3.88. The van der Waals surface area contributed by atoms with E-state index in [-0.39, 0.29) is 17.9 Å². The molecule has 0 radical (unpaired) electrons. The van der Waals surface area contributed by atoms with Crippen LogP contribution in [0.2, 0.25) is 0 Å². The summed E-state index contributed by atoms with van der Waals surface area (Å²) in [6.07, 6.45) is 6.66. The zero-order valence-corrected chi connectivity index (χ0v) is 12.0. The highest BCUT2D eigenvalue weighted by Crippen LogP contribution is 2.15. The number of hydrogen-bond donors (Lipinski definition) is 2. The second kappa shape index (κ2) is 7.25. The van der Waals surface area contributed by atoms with Gasteiger partial charge in [0, 0.05) is 12.5 Å². The van der Waals surface area contributed by atoms with Crippen molar-refractivity contribution in [2.75, 3.05) is 0 Å². The lowest BCUT2D eigenvalue weighted by Gasteiger charge is -2.16. The van der Waals surface area contributed by atoms with Gasteiger partial charge in [-0.05, 0) is 30.7 Å². The van der Waals surface area contributed by atoms with Gasteiger partial charge in [-0.25, -0.2) is 0 Å². The van der Waals surface area contributed by atoms with E-state index in [9.17, 15) is 9.90 Å². The van der Waals surface area contributed by atoms with Crippen LogP contribution in [0.1, 0.15) is 31.7 Å². The van der Waals surface area contributed by atoms with E-state index in [0.717, 1.165) is 19.3 Å².